The van der Waals surface area contributed by atoms with Crippen molar-refractivity contribution in [2.24, 2.45) is 5.92 Å². The van der Waals surface area contributed by atoms with Crippen molar-refractivity contribution in [1.29, 1.82) is 0 Å². The number of rotatable bonds is 5. The molecule has 1 saturated carbocycles. The van der Waals surface area contributed by atoms with Crippen molar-refractivity contribution in [2.75, 3.05) is 25.1 Å². The van der Waals surface area contributed by atoms with Gasteiger partial charge in [0.25, 0.3) is 5.56 Å². The summed E-state index contributed by atoms with van der Waals surface area (Å²) in [7, 11) is 1.61. The molecule has 0 radical (unpaired) electrons. The van der Waals surface area contributed by atoms with E-state index >= 15 is 0 Å². The van der Waals surface area contributed by atoms with Crippen molar-refractivity contribution in [1.82, 2.24) is 19.5 Å². The molecule has 1 aliphatic heterocycles. The molecule has 25 heavy (non-hydrogen) atoms. The Morgan fingerprint density at radius 2 is 2.00 bits per heavy atom. The second-order valence-corrected chi connectivity index (χ2v) is 6.91. The minimum absolute atomic E-state index is 0.0791. The molecule has 0 amide bonds. The molecule has 2 fully saturated rings. The van der Waals surface area contributed by atoms with Gasteiger partial charge in [0.2, 0.25) is 11.8 Å². The highest BCUT2D eigenvalue weighted by Gasteiger charge is 2.26. The molecule has 0 bridgehead atoms. The van der Waals surface area contributed by atoms with Crippen LogP contribution in [0.15, 0.2) is 29.5 Å². The van der Waals surface area contributed by atoms with E-state index in [1.807, 2.05) is 0 Å². The molecular formula is C18H23N5O2. The third-order valence-corrected chi connectivity index (χ3v) is 5.07. The van der Waals surface area contributed by atoms with Crippen molar-refractivity contribution in [3.63, 3.8) is 0 Å². The Kier molecular flexibility index (Phi) is 4.38. The second-order valence-electron chi connectivity index (χ2n) is 6.91. The number of hydrogen-bond donors (Lipinski definition) is 0. The van der Waals surface area contributed by atoms with Crippen molar-refractivity contribution in [3.05, 3.63) is 40.7 Å². The summed E-state index contributed by atoms with van der Waals surface area (Å²) in [6.07, 6.45) is 7.81. The lowest BCUT2D eigenvalue weighted by molar-refractivity contribution is 0.347. The predicted molar refractivity (Wildman–Crippen MR) is 94.0 cm³/mol. The molecule has 2 aliphatic rings. The van der Waals surface area contributed by atoms with Gasteiger partial charge < -0.3 is 9.64 Å². The van der Waals surface area contributed by atoms with E-state index in [-0.39, 0.29) is 5.56 Å². The second kappa shape index (κ2) is 6.82. The molecule has 132 valence electrons. The van der Waals surface area contributed by atoms with Crippen LogP contribution in [0.2, 0.25) is 0 Å². The van der Waals surface area contributed by atoms with Crippen molar-refractivity contribution >= 4 is 5.95 Å². The molecule has 1 saturated heterocycles. The average molecular weight is 341 g/mol. The Labute approximate surface area is 146 Å². The molecule has 0 atom stereocenters. The average Bonchev–Trinajstić information content (AvgIpc) is 3.49. The van der Waals surface area contributed by atoms with Crippen LogP contribution in [0.3, 0.4) is 0 Å². The fourth-order valence-corrected chi connectivity index (χ4v) is 3.37. The minimum atomic E-state index is 0.0791. The van der Waals surface area contributed by atoms with Crippen LogP contribution in [0.5, 0.6) is 5.88 Å². The Balaban J connectivity index is 1.36. The third kappa shape index (κ3) is 3.65. The highest BCUT2D eigenvalue weighted by atomic mass is 16.5. The molecule has 4 rings (SSSR count). The van der Waals surface area contributed by atoms with E-state index in [2.05, 4.69) is 19.9 Å². The zero-order valence-electron chi connectivity index (χ0n) is 14.5. The van der Waals surface area contributed by atoms with Crippen LogP contribution in [-0.2, 0) is 6.54 Å². The molecule has 2 aromatic rings. The summed E-state index contributed by atoms with van der Waals surface area (Å²) in [6.45, 7) is 2.52. The molecular weight excluding hydrogens is 318 g/mol. The summed E-state index contributed by atoms with van der Waals surface area (Å²) in [5.41, 5.74) is 1.04. The molecule has 0 aromatic carbocycles. The first-order valence-electron chi connectivity index (χ1n) is 8.91. The zero-order valence-corrected chi connectivity index (χ0v) is 14.5. The summed E-state index contributed by atoms with van der Waals surface area (Å²) in [4.78, 5) is 27.7. The minimum Gasteiger partial charge on any atom is -0.481 e. The van der Waals surface area contributed by atoms with E-state index in [0.717, 1.165) is 38.2 Å². The number of aromatic nitrogens is 4. The van der Waals surface area contributed by atoms with E-state index in [4.69, 9.17) is 4.74 Å². The summed E-state index contributed by atoms with van der Waals surface area (Å²) < 4.78 is 6.93. The molecule has 0 N–H and O–H groups in total. The molecule has 0 unspecified atom stereocenters. The first-order valence-corrected chi connectivity index (χ1v) is 8.91. The lowest BCUT2D eigenvalue weighted by Gasteiger charge is -2.32. The van der Waals surface area contributed by atoms with E-state index in [9.17, 15) is 4.79 Å². The Morgan fingerprint density at radius 3 is 2.68 bits per heavy atom. The molecule has 7 heteroatoms. The summed E-state index contributed by atoms with van der Waals surface area (Å²) in [5, 5.41) is 0. The van der Waals surface area contributed by atoms with Gasteiger partial charge in [0.1, 0.15) is 0 Å². The van der Waals surface area contributed by atoms with Crippen LogP contribution in [0, 0.1) is 5.92 Å². The Hall–Kier alpha value is -2.44. The first kappa shape index (κ1) is 16.1. The van der Waals surface area contributed by atoms with E-state index < -0.39 is 0 Å². The van der Waals surface area contributed by atoms with Gasteiger partial charge in [0, 0.05) is 43.9 Å². The molecule has 7 nitrogen and oxygen atoms in total. The Bertz CT molecular complexity index is 794. The highest BCUT2D eigenvalue weighted by Crippen LogP contribution is 2.38. The van der Waals surface area contributed by atoms with E-state index in [0.29, 0.717) is 23.7 Å². The number of anilines is 1. The van der Waals surface area contributed by atoms with Crippen LogP contribution in [0.25, 0.3) is 0 Å². The van der Waals surface area contributed by atoms with Crippen LogP contribution < -0.4 is 15.2 Å². The number of ether oxygens (including phenoxy) is 1. The maximum Gasteiger partial charge on any atom is 0.253 e. The van der Waals surface area contributed by atoms with Gasteiger partial charge in [0.05, 0.1) is 19.1 Å². The Morgan fingerprint density at radius 1 is 1.20 bits per heavy atom. The van der Waals surface area contributed by atoms with Crippen LogP contribution in [0.4, 0.5) is 5.95 Å². The lowest BCUT2D eigenvalue weighted by Crippen LogP contribution is -2.37. The molecule has 0 spiro atoms. The maximum absolute atomic E-state index is 12.3. The van der Waals surface area contributed by atoms with E-state index in [1.54, 1.807) is 36.3 Å². The van der Waals surface area contributed by atoms with Gasteiger partial charge in [-0.2, -0.15) is 4.98 Å². The van der Waals surface area contributed by atoms with Gasteiger partial charge in [-0.15, -0.1) is 0 Å². The normalized spacial score (nSPS) is 18.4. The van der Waals surface area contributed by atoms with Crippen molar-refractivity contribution in [3.8, 4) is 5.88 Å². The van der Waals surface area contributed by atoms with Gasteiger partial charge in [-0.1, -0.05) is 0 Å². The number of nitrogens with zero attached hydrogens (tertiary/aromatic N) is 5. The zero-order chi connectivity index (χ0) is 17.2. The van der Waals surface area contributed by atoms with Crippen LogP contribution in [-0.4, -0.2) is 39.7 Å². The van der Waals surface area contributed by atoms with Crippen LogP contribution >= 0.6 is 0 Å². The monoisotopic (exact) mass is 341 g/mol. The highest BCUT2D eigenvalue weighted by molar-refractivity contribution is 5.32. The van der Waals surface area contributed by atoms with E-state index in [1.165, 1.54) is 12.8 Å². The largest absolute Gasteiger partial charge is 0.481 e. The van der Waals surface area contributed by atoms with Gasteiger partial charge >= 0.3 is 0 Å². The summed E-state index contributed by atoms with van der Waals surface area (Å²) in [6, 6.07) is 3.47. The van der Waals surface area contributed by atoms with Crippen molar-refractivity contribution in [2.45, 2.75) is 38.1 Å². The fraction of sp³-hybridized carbons (Fsp3) is 0.556. The quantitative estimate of drug-likeness (QED) is 0.826. The fourth-order valence-electron chi connectivity index (χ4n) is 3.37. The van der Waals surface area contributed by atoms with Gasteiger partial charge in [-0.3, -0.25) is 9.36 Å². The third-order valence-electron chi connectivity index (χ3n) is 5.07. The summed E-state index contributed by atoms with van der Waals surface area (Å²) >= 11 is 0. The van der Waals surface area contributed by atoms with Gasteiger partial charge in [-0.25, -0.2) is 9.97 Å². The maximum atomic E-state index is 12.3. The summed E-state index contributed by atoms with van der Waals surface area (Å²) in [5.74, 6) is 2.30. The van der Waals surface area contributed by atoms with Crippen molar-refractivity contribution < 1.29 is 4.74 Å². The first-order chi connectivity index (χ1) is 12.2. The van der Waals surface area contributed by atoms with Crippen LogP contribution in [0.1, 0.15) is 37.3 Å². The number of hydrogen-bond acceptors (Lipinski definition) is 6. The number of methoxy groups -OCH3 is 1. The number of piperidine rings is 1. The SMILES string of the molecule is COc1ccnc(N2CCC(Cn3cnc(C4CC4)cc3=O)CC2)n1. The standard InChI is InChI=1S/C18H23N5O2/c1-25-16-4-7-19-18(21-16)22-8-5-13(6-9-22)11-23-12-20-15(10-17(23)24)14-2-3-14/h4,7,10,12-14H,2-3,5-6,8-9,11H2,1H3. The topological polar surface area (TPSA) is 73.1 Å². The molecule has 2 aromatic heterocycles. The molecule has 1 aliphatic carbocycles. The molecule has 3 heterocycles. The van der Waals surface area contributed by atoms with Gasteiger partial charge in [0.15, 0.2) is 0 Å². The predicted octanol–water partition coefficient (Wildman–Crippen LogP) is 1.84. The lowest BCUT2D eigenvalue weighted by atomic mass is 9.97. The smallest absolute Gasteiger partial charge is 0.253 e. The van der Waals surface area contributed by atoms with Gasteiger partial charge in [-0.05, 0) is 31.6 Å².